The van der Waals surface area contributed by atoms with Crippen molar-refractivity contribution in [3.63, 3.8) is 0 Å². The van der Waals surface area contributed by atoms with Crippen LogP contribution in [-0.4, -0.2) is 5.78 Å². The Kier molecular flexibility index (Phi) is 2.18. The van der Waals surface area contributed by atoms with Crippen molar-refractivity contribution in [3.05, 3.63) is 35.1 Å². The predicted molar refractivity (Wildman–Crippen MR) is 57.3 cm³/mol. The van der Waals surface area contributed by atoms with Crippen LogP contribution in [0.15, 0.2) is 18.2 Å². The highest BCUT2D eigenvalue weighted by Crippen LogP contribution is 2.49. The molecule has 80 valence electrons. The van der Waals surface area contributed by atoms with E-state index in [0.29, 0.717) is 12.0 Å². The lowest BCUT2D eigenvalue weighted by Gasteiger charge is -2.42. The van der Waals surface area contributed by atoms with Crippen LogP contribution in [0, 0.1) is 18.2 Å². The molecule has 1 nitrogen and oxygen atoms in total. The summed E-state index contributed by atoms with van der Waals surface area (Å²) in [5.74, 6) is 0.274. The van der Waals surface area contributed by atoms with E-state index in [-0.39, 0.29) is 22.9 Å². The minimum atomic E-state index is -0.318. The first-order valence-electron chi connectivity index (χ1n) is 5.22. The first kappa shape index (κ1) is 10.3. The Morgan fingerprint density at radius 3 is 2.53 bits per heavy atom. The Balaban J connectivity index is 2.32. The van der Waals surface area contributed by atoms with Gasteiger partial charge in [0.05, 0.1) is 0 Å². The van der Waals surface area contributed by atoms with Crippen LogP contribution in [0.5, 0.6) is 0 Å². The van der Waals surface area contributed by atoms with Crippen molar-refractivity contribution in [3.8, 4) is 0 Å². The molecule has 2 heteroatoms. The quantitative estimate of drug-likeness (QED) is 0.689. The number of carbonyl (C=O) groups excluding carboxylic acids is 1. The second-order valence-electron chi connectivity index (χ2n) is 4.91. The summed E-state index contributed by atoms with van der Waals surface area (Å²) in [5.41, 5.74) is 1.28. The SMILES string of the molecule is Cc1ccc(C2CC(=O)C2(C)C)cc1F. The van der Waals surface area contributed by atoms with Gasteiger partial charge in [0.2, 0.25) is 0 Å². The lowest BCUT2D eigenvalue weighted by molar-refractivity contribution is -0.137. The van der Waals surface area contributed by atoms with Crippen LogP contribution < -0.4 is 0 Å². The second kappa shape index (κ2) is 3.16. The van der Waals surface area contributed by atoms with Crippen LogP contribution in [0.3, 0.4) is 0 Å². The number of aryl methyl sites for hydroxylation is 1. The number of ketones is 1. The van der Waals surface area contributed by atoms with Crippen LogP contribution in [0.4, 0.5) is 4.39 Å². The summed E-state index contributed by atoms with van der Waals surface area (Å²) in [6.07, 6.45) is 0.551. The molecule has 1 aromatic rings. The van der Waals surface area contributed by atoms with Crippen molar-refractivity contribution in [1.82, 2.24) is 0 Å². The van der Waals surface area contributed by atoms with Gasteiger partial charge in [0.1, 0.15) is 11.6 Å². The minimum absolute atomic E-state index is 0.178. The zero-order valence-electron chi connectivity index (χ0n) is 9.30. The molecule has 1 aromatic carbocycles. The number of hydrogen-bond acceptors (Lipinski definition) is 1. The summed E-state index contributed by atoms with van der Waals surface area (Å²) >= 11 is 0. The predicted octanol–water partition coefficient (Wildman–Crippen LogP) is 3.22. The Morgan fingerprint density at radius 2 is 2.07 bits per heavy atom. The number of Topliss-reactive ketones (excluding diaryl/α,β-unsaturated/α-hetero) is 1. The van der Waals surface area contributed by atoms with Crippen LogP contribution in [0.1, 0.15) is 37.3 Å². The normalized spacial score (nSPS) is 23.7. The highest BCUT2D eigenvalue weighted by Gasteiger charge is 2.47. The largest absolute Gasteiger partial charge is 0.299 e. The molecular formula is C13H15FO. The molecule has 1 saturated carbocycles. The third-order valence-corrected chi connectivity index (χ3v) is 3.58. The molecule has 1 unspecified atom stereocenters. The van der Waals surface area contributed by atoms with Crippen LogP contribution >= 0.6 is 0 Å². The van der Waals surface area contributed by atoms with Gasteiger partial charge in [0.25, 0.3) is 0 Å². The zero-order valence-corrected chi connectivity index (χ0v) is 9.30. The molecule has 0 amide bonds. The van der Waals surface area contributed by atoms with Crippen molar-refractivity contribution >= 4 is 5.78 Å². The lowest BCUT2D eigenvalue weighted by Crippen LogP contribution is -2.43. The standard InChI is InChI=1S/C13H15FO/c1-8-4-5-9(6-11(8)14)10-7-12(15)13(10,2)3/h4-6,10H,7H2,1-3H3. The van der Waals surface area contributed by atoms with E-state index in [9.17, 15) is 9.18 Å². The van der Waals surface area contributed by atoms with E-state index in [1.165, 1.54) is 0 Å². The van der Waals surface area contributed by atoms with Crippen molar-refractivity contribution < 1.29 is 9.18 Å². The summed E-state index contributed by atoms with van der Waals surface area (Å²) < 4.78 is 13.4. The van der Waals surface area contributed by atoms with Gasteiger partial charge in [-0.25, -0.2) is 4.39 Å². The number of benzene rings is 1. The number of rotatable bonds is 1. The van der Waals surface area contributed by atoms with Gasteiger partial charge in [-0.05, 0) is 24.1 Å². The van der Waals surface area contributed by atoms with E-state index in [2.05, 4.69) is 0 Å². The second-order valence-corrected chi connectivity index (χ2v) is 4.91. The summed E-state index contributed by atoms with van der Waals surface area (Å²) in [7, 11) is 0. The molecule has 0 aromatic heterocycles. The molecule has 0 N–H and O–H groups in total. The Labute approximate surface area is 89.3 Å². The van der Waals surface area contributed by atoms with E-state index >= 15 is 0 Å². The van der Waals surface area contributed by atoms with Gasteiger partial charge in [0, 0.05) is 17.8 Å². The van der Waals surface area contributed by atoms with E-state index in [0.717, 1.165) is 5.56 Å². The molecule has 0 bridgehead atoms. The number of hydrogen-bond donors (Lipinski definition) is 0. The van der Waals surface area contributed by atoms with Crippen molar-refractivity contribution in [1.29, 1.82) is 0 Å². The van der Waals surface area contributed by atoms with E-state index < -0.39 is 0 Å². The summed E-state index contributed by atoms with van der Waals surface area (Å²) in [4.78, 5) is 11.4. The smallest absolute Gasteiger partial charge is 0.139 e. The summed E-state index contributed by atoms with van der Waals surface area (Å²) in [5, 5.41) is 0. The molecule has 0 radical (unpaired) electrons. The maximum absolute atomic E-state index is 13.4. The maximum atomic E-state index is 13.4. The summed E-state index contributed by atoms with van der Waals surface area (Å²) in [6, 6.07) is 5.27. The molecule has 15 heavy (non-hydrogen) atoms. The molecule has 0 aliphatic heterocycles. The summed E-state index contributed by atoms with van der Waals surface area (Å²) in [6.45, 7) is 5.61. The van der Waals surface area contributed by atoms with E-state index in [1.54, 1.807) is 19.1 Å². The fourth-order valence-electron chi connectivity index (χ4n) is 2.13. The van der Waals surface area contributed by atoms with Crippen LogP contribution in [0.2, 0.25) is 0 Å². The Hall–Kier alpha value is -1.18. The molecule has 1 atom stereocenters. The van der Waals surface area contributed by atoms with Gasteiger partial charge in [-0.1, -0.05) is 26.0 Å². The minimum Gasteiger partial charge on any atom is -0.299 e. The van der Waals surface area contributed by atoms with Gasteiger partial charge in [-0.2, -0.15) is 0 Å². The molecule has 1 aliphatic rings. The van der Waals surface area contributed by atoms with Gasteiger partial charge in [-0.3, -0.25) is 4.79 Å². The fourth-order valence-corrected chi connectivity index (χ4v) is 2.13. The van der Waals surface area contributed by atoms with Crippen molar-refractivity contribution in [2.45, 2.75) is 33.1 Å². The molecule has 0 spiro atoms. The van der Waals surface area contributed by atoms with E-state index in [4.69, 9.17) is 0 Å². The fraction of sp³-hybridized carbons (Fsp3) is 0.462. The number of carbonyl (C=O) groups is 1. The molecular weight excluding hydrogens is 191 g/mol. The topological polar surface area (TPSA) is 17.1 Å². The molecule has 0 saturated heterocycles. The Bertz CT molecular complexity index is 421. The monoisotopic (exact) mass is 206 g/mol. The van der Waals surface area contributed by atoms with Gasteiger partial charge < -0.3 is 0 Å². The average molecular weight is 206 g/mol. The average Bonchev–Trinajstić information content (AvgIpc) is 2.19. The first-order chi connectivity index (χ1) is 6.93. The maximum Gasteiger partial charge on any atom is 0.139 e. The van der Waals surface area contributed by atoms with Crippen LogP contribution in [-0.2, 0) is 4.79 Å². The van der Waals surface area contributed by atoms with Gasteiger partial charge in [0.15, 0.2) is 0 Å². The number of halogens is 1. The Morgan fingerprint density at radius 1 is 1.40 bits per heavy atom. The highest BCUT2D eigenvalue weighted by atomic mass is 19.1. The lowest BCUT2D eigenvalue weighted by atomic mass is 9.59. The third-order valence-electron chi connectivity index (χ3n) is 3.58. The third kappa shape index (κ3) is 1.48. The van der Waals surface area contributed by atoms with Gasteiger partial charge in [-0.15, -0.1) is 0 Å². The molecule has 1 aliphatic carbocycles. The highest BCUT2D eigenvalue weighted by molar-refractivity contribution is 5.92. The molecule has 2 rings (SSSR count). The molecule has 0 heterocycles. The van der Waals surface area contributed by atoms with E-state index in [1.807, 2.05) is 19.9 Å². The first-order valence-corrected chi connectivity index (χ1v) is 5.22. The zero-order chi connectivity index (χ0) is 11.2. The van der Waals surface area contributed by atoms with Crippen LogP contribution in [0.25, 0.3) is 0 Å². The molecule has 1 fully saturated rings. The van der Waals surface area contributed by atoms with Gasteiger partial charge >= 0.3 is 0 Å². The van der Waals surface area contributed by atoms with Crippen molar-refractivity contribution in [2.24, 2.45) is 5.41 Å². The van der Waals surface area contributed by atoms with Crippen molar-refractivity contribution in [2.75, 3.05) is 0 Å².